The number of fused-ring (bicyclic) bond motifs is 3. The molecule has 0 aliphatic carbocycles. The Balaban J connectivity index is 2.19. The first-order chi connectivity index (χ1) is 8.86. The van der Waals surface area contributed by atoms with Crippen LogP contribution in [0.25, 0.3) is 11.3 Å². The van der Waals surface area contributed by atoms with Crippen molar-refractivity contribution >= 4 is 15.9 Å². The molecule has 0 saturated carbocycles. The highest BCUT2D eigenvalue weighted by Crippen LogP contribution is 2.39. The van der Waals surface area contributed by atoms with Gasteiger partial charge in [0.15, 0.2) is 5.69 Å². The third kappa shape index (κ3) is 2.08. The van der Waals surface area contributed by atoms with Crippen molar-refractivity contribution in [3.8, 4) is 11.3 Å². The lowest BCUT2D eigenvalue weighted by Gasteiger charge is -2.24. The van der Waals surface area contributed by atoms with E-state index in [0.717, 1.165) is 21.7 Å². The van der Waals surface area contributed by atoms with Gasteiger partial charge in [-0.15, -0.1) is 0 Å². The van der Waals surface area contributed by atoms with Gasteiger partial charge in [0.05, 0.1) is 5.69 Å². The lowest BCUT2D eigenvalue weighted by molar-refractivity contribution is -0.141. The molecular formula is C13H10BrF3N2. The smallest absolute Gasteiger partial charge is 0.264 e. The minimum atomic E-state index is -4.40. The quantitative estimate of drug-likeness (QED) is 0.697. The van der Waals surface area contributed by atoms with Gasteiger partial charge >= 0.3 is 6.18 Å². The summed E-state index contributed by atoms with van der Waals surface area (Å²) < 4.78 is 40.6. The molecule has 6 heteroatoms. The standard InChI is InChI=1S/C13H10BrF3N2/c1-7-6-19-11(5-12(18-19)13(15,16)17)9-3-2-8(14)4-10(7)9/h2-5,7H,6H2,1H3. The molecule has 2 heterocycles. The number of benzene rings is 1. The lowest BCUT2D eigenvalue weighted by atomic mass is 9.91. The summed E-state index contributed by atoms with van der Waals surface area (Å²) in [5, 5.41) is 3.67. The Kier molecular flexibility index (Phi) is 2.74. The molecule has 0 fully saturated rings. The first-order valence-electron chi connectivity index (χ1n) is 5.81. The number of hydrogen-bond acceptors (Lipinski definition) is 1. The summed E-state index contributed by atoms with van der Waals surface area (Å²) in [7, 11) is 0. The van der Waals surface area contributed by atoms with E-state index in [1.54, 1.807) is 0 Å². The Morgan fingerprint density at radius 1 is 1.32 bits per heavy atom. The zero-order valence-electron chi connectivity index (χ0n) is 10.0. The summed E-state index contributed by atoms with van der Waals surface area (Å²) in [5.41, 5.74) is 1.58. The van der Waals surface area contributed by atoms with Crippen LogP contribution in [0.1, 0.15) is 24.1 Å². The molecule has 19 heavy (non-hydrogen) atoms. The molecule has 2 nitrogen and oxygen atoms in total. The second-order valence-corrected chi connectivity index (χ2v) is 5.64. The van der Waals surface area contributed by atoms with E-state index in [1.807, 2.05) is 25.1 Å². The van der Waals surface area contributed by atoms with Gasteiger partial charge in [0.2, 0.25) is 0 Å². The van der Waals surface area contributed by atoms with Crippen molar-refractivity contribution in [1.29, 1.82) is 0 Å². The van der Waals surface area contributed by atoms with Crippen LogP contribution < -0.4 is 0 Å². The van der Waals surface area contributed by atoms with Crippen LogP contribution in [0.2, 0.25) is 0 Å². The van der Waals surface area contributed by atoms with Crippen molar-refractivity contribution in [3.05, 3.63) is 40.0 Å². The van der Waals surface area contributed by atoms with Crippen molar-refractivity contribution in [2.75, 3.05) is 0 Å². The number of alkyl halides is 3. The Labute approximate surface area is 116 Å². The van der Waals surface area contributed by atoms with Gasteiger partial charge in [-0.05, 0) is 23.8 Å². The molecule has 0 N–H and O–H groups in total. The zero-order valence-corrected chi connectivity index (χ0v) is 11.6. The van der Waals surface area contributed by atoms with E-state index in [0.29, 0.717) is 12.2 Å². The van der Waals surface area contributed by atoms with Gasteiger partial charge in [0, 0.05) is 22.5 Å². The predicted octanol–water partition coefficient (Wildman–Crippen LogP) is 4.45. The van der Waals surface area contributed by atoms with Crippen LogP contribution in [0.5, 0.6) is 0 Å². The Morgan fingerprint density at radius 2 is 2.05 bits per heavy atom. The van der Waals surface area contributed by atoms with Gasteiger partial charge in [-0.25, -0.2) is 0 Å². The van der Waals surface area contributed by atoms with Gasteiger partial charge in [0.25, 0.3) is 0 Å². The number of aromatic nitrogens is 2. The largest absolute Gasteiger partial charge is 0.435 e. The summed E-state index contributed by atoms with van der Waals surface area (Å²) in [6.45, 7) is 2.46. The van der Waals surface area contributed by atoms with Gasteiger partial charge in [0.1, 0.15) is 0 Å². The first-order valence-corrected chi connectivity index (χ1v) is 6.60. The SMILES string of the molecule is CC1Cn2nc(C(F)(F)F)cc2-c2ccc(Br)cc21. The normalized spacial score (nSPS) is 18.1. The predicted molar refractivity (Wildman–Crippen MR) is 68.8 cm³/mol. The fourth-order valence-electron chi connectivity index (χ4n) is 2.44. The lowest BCUT2D eigenvalue weighted by Crippen LogP contribution is -2.16. The van der Waals surface area contributed by atoms with Crippen molar-refractivity contribution in [2.45, 2.75) is 25.6 Å². The van der Waals surface area contributed by atoms with Crippen LogP contribution in [0.4, 0.5) is 13.2 Å². The molecule has 2 aromatic rings. The van der Waals surface area contributed by atoms with E-state index in [9.17, 15) is 13.2 Å². The van der Waals surface area contributed by atoms with Gasteiger partial charge < -0.3 is 0 Å². The fraction of sp³-hybridized carbons (Fsp3) is 0.308. The zero-order chi connectivity index (χ0) is 13.8. The maximum absolute atomic E-state index is 12.7. The topological polar surface area (TPSA) is 17.8 Å². The first kappa shape index (κ1) is 12.7. The molecule has 100 valence electrons. The van der Waals surface area contributed by atoms with Crippen molar-refractivity contribution in [3.63, 3.8) is 0 Å². The van der Waals surface area contributed by atoms with E-state index in [4.69, 9.17) is 0 Å². The minimum absolute atomic E-state index is 0.140. The van der Waals surface area contributed by atoms with E-state index >= 15 is 0 Å². The number of nitrogens with zero attached hydrogens (tertiary/aromatic N) is 2. The summed E-state index contributed by atoms with van der Waals surface area (Å²) >= 11 is 3.39. The second-order valence-electron chi connectivity index (χ2n) is 4.73. The summed E-state index contributed by atoms with van der Waals surface area (Å²) in [4.78, 5) is 0. The third-order valence-electron chi connectivity index (χ3n) is 3.34. The Morgan fingerprint density at radius 3 is 2.74 bits per heavy atom. The van der Waals surface area contributed by atoms with Gasteiger partial charge in [-0.1, -0.05) is 28.9 Å². The molecule has 1 atom stereocenters. The number of hydrogen-bond donors (Lipinski definition) is 0. The van der Waals surface area contributed by atoms with Crippen molar-refractivity contribution < 1.29 is 13.2 Å². The molecule has 0 spiro atoms. The van der Waals surface area contributed by atoms with Crippen LogP contribution >= 0.6 is 15.9 Å². The Hall–Kier alpha value is -1.30. The second kappa shape index (κ2) is 4.10. The molecular weight excluding hydrogens is 321 g/mol. The minimum Gasteiger partial charge on any atom is -0.264 e. The summed E-state index contributed by atoms with van der Waals surface area (Å²) in [6, 6.07) is 6.76. The van der Waals surface area contributed by atoms with Gasteiger partial charge in [-0.2, -0.15) is 18.3 Å². The van der Waals surface area contributed by atoms with E-state index in [1.165, 1.54) is 4.68 Å². The average molecular weight is 331 g/mol. The maximum Gasteiger partial charge on any atom is 0.435 e. The van der Waals surface area contributed by atoms with Crippen LogP contribution in [-0.4, -0.2) is 9.78 Å². The van der Waals surface area contributed by atoms with Crippen LogP contribution in [0, 0.1) is 0 Å². The molecule has 1 aliphatic heterocycles. The monoisotopic (exact) mass is 330 g/mol. The van der Waals surface area contributed by atoms with E-state index in [-0.39, 0.29) is 5.92 Å². The summed E-state index contributed by atoms with van der Waals surface area (Å²) in [6.07, 6.45) is -4.40. The number of rotatable bonds is 0. The maximum atomic E-state index is 12.7. The highest BCUT2D eigenvalue weighted by Gasteiger charge is 2.36. The van der Waals surface area contributed by atoms with E-state index in [2.05, 4.69) is 21.0 Å². The van der Waals surface area contributed by atoms with Gasteiger partial charge in [-0.3, -0.25) is 4.68 Å². The van der Waals surface area contributed by atoms with Crippen LogP contribution in [0.15, 0.2) is 28.7 Å². The molecule has 1 unspecified atom stereocenters. The molecule has 3 rings (SSSR count). The third-order valence-corrected chi connectivity index (χ3v) is 3.83. The van der Waals surface area contributed by atoms with Crippen LogP contribution in [-0.2, 0) is 12.7 Å². The molecule has 1 aliphatic rings. The average Bonchev–Trinajstić information content (AvgIpc) is 2.73. The number of halogens is 4. The molecule has 0 radical (unpaired) electrons. The molecule has 0 amide bonds. The highest BCUT2D eigenvalue weighted by atomic mass is 79.9. The molecule has 1 aromatic heterocycles. The van der Waals surface area contributed by atoms with Crippen molar-refractivity contribution in [1.82, 2.24) is 9.78 Å². The highest BCUT2D eigenvalue weighted by molar-refractivity contribution is 9.10. The Bertz CT molecular complexity index is 646. The molecule has 0 bridgehead atoms. The molecule has 0 saturated heterocycles. The van der Waals surface area contributed by atoms with Crippen molar-refractivity contribution in [2.24, 2.45) is 0 Å². The fourth-order valence-corrected chi connectivity index (χ4v) is 2.82. The summed E-state index contributed by atoms with van der Waals surface area (Å²) in [5.74, 6) is 0.140. The van der Waals surface area contributed by atoms with Crippen LogP contribution in [0.3, 0.4) is 0 Å². The molecule has 1 aromatic carbocycles. The van der Waals surface area contributed by atoms with E-state index < -0.39 is 11.9 Å².